The molecule has 1 atom stereocenters. The molecule has 1 aliphatic carbocycles. The number of hydrogen-bond acceptors (Lipinski definition) is 4. The zero-order valence-electron chi connectivity index (χ0n) is 10.0. The summed E-state index contributed by atoms with van der Waals surface area (Å²) >= 11 is 0. The topological polar surface area (TPSA) is 73.6 Å². The maximum atomic E-state index is 11.9. The summed E-state index contributed by atoms with van der Waals surface area (Å²) < 4.78 is 10.5. The summed E-state index contributed by atoms with van der Waals surface area (Å²) in [7, 11) is 0. The molecule has 0 aromatic heterocycles. The van der Waals surface area contributed by atoms with Crippen molar-refractivity contribution in [1.82, 2.24) is 0 Å². The van der Waals surface area contributed by atoms with Gasteiger partial charge in [-0.2, -0.15) is 0 Å². The van der Waals surface area contributed by atoms with Gasteiger partial charge in [0, 0.05) is 11.8 Å². The van der Waals surface area contributed by atoms with Gasteiger partial charge in [0.25, 0.3) is 0 Å². The van der Waals surface area contributed by atoms with Gasteiger partial charge >= 0.3 is 0 Å². The van der Waals surface area contributed by atoms with Crippen LogP contribution in [-0.4, -0.2) is 18.7 Å². The molecule has 1 aliphatic heterocycles. The molecule has 0 bridgehead atoms. The molecule has 5 nitrogen and oxygen atoms in total. The molecule has 3 N–H and O–H groups in total. The number of nitrogens with two attached hydrogens (primary N) is 1. The number of carbonyl (C=O) groups excluding carboxylic acids is 1. The minimum Gasteiger partial charge on any atom is -0.454 e. The number of amides is 1. The first-order chi connectivity index (χ1) is 8.72. The Morgan fingerprint density at radius 3 is 2.94 bits per heavy atom. The molecular weight excluding hydrogens is 232 g/mol. The van der Waals surface area contributed by atoms with Crippen molar-refractivity contribution in [3.8, 4) is 11.5 Å². The third-order valence-electron chi connectivity index (χ3n) is 3.26. The summed E-state index contributed by atoms with van der Waals surface area (Å²) in [5.41, 5.74) is 6.54. The van der Waals surface area contributed by atoms with E-state index in [1.165, 1.54) is 12.8 Å². The highest BCUT2D eigenvalue weighted by Crippen LogP contribution is 2.35. The summed E-state index contributed by atoms with van der Waals surface area (Å²) in [6.45, 7) is 0.230. The van der Waals surface area contributed by atoms with E-state index in [9.17, 15) is 4.79 Å². The highest BCUT2D eigenvalue weighted by atomic mass is 16.7. The van der Waals surface area contributed by atoms with Gasteiger partial charge in [0.2, 0.25) is 12.7 Å². The Hall–Kier alpha value is -1.75. The summed E-state index contributed by atoms with van der Waals surface area (Å²) in [4.78, 5) is 11.9. The normalized spacial score (nSPS) is 18.5. The van der Waals surface area contributed by atoms with Gasteiger partial charge in [0.15, 0.2) is 11.5 Å². The third kappa shape index (κ3) is 2.41. The first kappa shape index (κ1) is 11.3. The SMILES string of the molecule is N[C@@H](CC1CC1)C(=O)Nc1ccc2c(c1)OCO2. The van der Waals surface area contributed by atoms with Crippen LogP contribution in [0.15, 0.2) is 18.2 Å². The van der Waals surface area contributed by atoms with Gasteiger partial charge in [-0.1, -0.05) is 12.8 Å². The quantitative estimate of drug-likeness (QED) is 0.846. The molecule has 2 aliphatic rings. The molecule has 1 aromatic carbocycles. The molecule has 0 spiro atoms. The maximum absolute atomic E-state index is 11.9. The van der Waals surface area contributed by atoms with E-state index in [0.29, 0.717) is 23.1 Å². The first-order valence-corrected chi connectivity index (χ1v) is 6.18. The van der Waals surface area contributed by atoms with E-state index in [1.54, 1.807) is 18.2 Å². The first-order valence-electron chi connectivity index (χ1n) is 6.18. The smallest absolute Gasteiger partial charge is 0.241 e. The van der Waals surface area contributed by atoms with E-state index in [4.69, 9.17) is 15.2 Å². The number of nitrogens with one attached hydrogen (secondary N) is 1. The van der Waals surface area contributed by atoms with Crippen molar-refractivity contribution < 1.29 is 14.3 Å². The van der Waals surface area contributed by atoms with Crippen molar-refractivity contribution in [2.45, 2.75) is 25.3 Å². The van der Waals surface area contributed by atoms with E-state index in [0.717, 1.165) is 6.42 Å². The number of benzene rings is 1. The van der Waals surface area contributed by atoms with E-state index >= 15 is 0 Å². The fourth-order valence-corrected chi connectivity index (χ4v) is 2.03. The molecule has 3 rings (SSSR count). The fraction of sp³-hybridized carbons (Fsp3) is 0.462. The molecule has 5 heteroatoms. The van der Waals surface area contributed by atoms with Crippen LogP contribution in [0, 0.1) is 5.92 Å². The molecule has 1 heterocycles. The minimum atomic E-state index is -0.428. The van der Waals surface area contributed by atoms with Crippen molar-refractivity contribution in [1.29, 1.82) is 0 Å². The van der Waals surface area contributed by atoms with Gasteiger partial charge in [-0.25, -0.2) is 0 Å². The average molecular weight is 248 g/mol. The van der Waals surface area contributed by atoms with Crippen LogP contribution in [0.2, 0.25) is 0 Å². The summed E-state index contributed by atoms with van der Waals surface area (Å²) in [5, 5.41) is 2.81. The Morgan fingerprint density at radius 1 is 1.39 bits per heavy atom. The zero-order chi connectivity index (χ0) is 12.5. The Kier molecular flexibility index (Phi) is 2.83. The Morgan fingerprint density at radius 2 is 2.17 bits per heavy atom. The number of fused-ring (bicyclic) bond motifs is 1. The Bertz CT molecular complexity index is 471. The van der Waals surface area contributed by atoms with Crippen LogP contribution >= 0.6 is 0 Å². The third-order valence-corrected chi connectivity index (χ3v) is 3.26. The fourth-order valence-electron chi connectivity index (χ4n) is 2.03. The molecule has 1 amide bonds. The lowest BCUT2D eigenvalue weighted by atomic mass is 10.1. The predicted octanol–water partition coefficient (Wildman–Crippen LogP) is 1.48. The van der Waals surface area contributed by atoms with Gasteiger partial charge in [0.05, 0.1) is 6.04 Å². The zero-order valence-corrected chi connectivity index (χ0v) is 10.0. The van der Waals surface area contributed by atoms with Gasteiger partial charge in [-0.15, -0.1) is 0 Å². The minimum absolute atomic E-state index is 0.138. The Labute approximate surface area is 105 Å². The standard InChI is InChI=1S/C13H16N2O3/c14-10(5-8-1-2-8)13(16)15-9-3-4-11-12(6-9)18-7-17-11/h3-4,6,8,10H,1-2,5,7,14H2,(H,15,16)/t10-/m0/s1. The molecule has 0 unspecified atom stereocenters. The molecule has 0 radical (unpaired) electrons. The number of anilines is 1. The average Bonchev–Trinajstić information content (AvgIpc) is 3.05. The number of rotatable bonds is 4. The lowest BCUT2D eigenvalue weighted by Gasteiger charge is -2.11. The highest BCUT2D eigenvalue weighted by molar-refractivity contribution is 5.95. The summed E-state index contributed by atoms with van der Waals surface area (Å²) in [6.07, 6.45) is 3.17. The van der Waals surface area contributed by atoms with Crippen LogP contribution in [0.3, 0.4) is 0 Å². The van der Waals surface area contributed by atoms with Crippen LogP contribution in [0.1, 0.15) is 19.3 Å². The largest absolute Gasteiger partial charge is 0.454 e. The van der Waals surface area contributed by atoms with Crippen molar-refractivity contribution in [2.24, 2.45) is 11.7 Å². The molecule has 1 aromatic rings. The van der Waals surface area contributed by atoms with Crippen LogP contribution < -0.4 is 20.5 Å². The van der Waals surface area contributed by atoms with Crippen LogP contribution in [0.4, 0.5) is 5.69 Å². The van der Waals surface area contributed by atoms with Crippen molar-refractivity contribution in [3.05, 3.63) is 18.2 Å². The van der Waals surface area contributed by atoms with Gasteiger partial charge in [-0.3, -0.25) is 4.79 Å². The van der Waals surface area contributed by atoms with Gasteiger partial charge in [0.1, 0.15) is 0 Å². The lowest BCUT2D eigenvalue weighted by Crippen LogP contribution is -2.35. The van der Waals surface area contributed by atoms with E-state index in [2.05, 4.69) is 5.32 Å². The lowest BCUT2D eigenvalue weighted by molar-refractivity contribution is -0.117. The molecular formula is C13H16N2O3. The summed E-state index contributed by atoms with van der Waals surface area (Å²) in [5.74, 6) is 1.86. The number of carbonyl (C=O) groups is 1. The van der Waals surface area contributed by atoms with Crippen molar-refractivity contribution >= 4 is 11.6 Å². The van der Waals surface area contributed by atoms with E-state index < -0.39 is 6.04 Å². The van der Waals surface area contributed by atoms with Crippen molar-refractivity contribution in [2.75, 3.05) is 12.1 Å². The van der Waals surface area contributed by atoms with Gasteiger partial charge < -0.3 is 20.5 Å². The number of ether oxygens (including phenoxy) is 2. The summed E-state index contributed by atoms with van der Waals surface area (Å²) in [6, 6.07) is 4.90. The maximum Gasteiger partial charge on any atom is 0.241 e. The molecule has 1 saturated carbocycles. The van der Waals surface area contributed by atoms with Crippen molar-refractivity contribution in [3.63, 3.8) is 0 Å². The van der Waals surface area contributed by atoms with Gasteiger partial charge in [-0.05, 0) is 24.5 Å². The van der Waals surface area contributed by atoms with Crippen LogP contribution in [0.25, 0.3) is 0 Å². The predicted molar refractivity (Wildman–Crippen MR) is 66.5 cm³/mol. The second kappa shape index (κ2) is 4.49. The van der Waals surface area contributed by atoms with E-state index in [-0.39, 0.29) is 12.7 Å². The van der Waals surface area contributed by atoms with E-state index in [1.807, 2.05) is 0 Å². The monoisotopic (exact) mass is 248 g/mol. The molecule has 96 valence electrons. The molecule has 0 saturated heterocycles. The second-order valence-corrected chi connectivity index (χ2v) is 4.84. The Balaban J connectivity index is 1.62. The van der Waals surface area contributed by atoms with Crippen LogP contribution in [0.5, 0.6) is 11.5 Å². The van der Waals surface area contributed by atoms with Crippen LogP contribution in [-0.2, 0) is 4.79 Å². The number of hydrogen-bond donors (Lipinski definition) is 2. The highest BCUT2D eigenvalue weighted by Gasteiger charge is 2.27. The molecule has 18 heavy (non-hydrogen) atoms. The molecule has 1 fully saturated rings. The second-order valence-electron chi connectivity index (χ2n) is 4.84.